The second-order valence-corrected chi connectivity index (χ2v) is 5.60. The number of carbonyl (C=O) groups is 1. The maximum Gasteiger partial charge on any atom is 0.269 e. The van der Waals surface area contributed by atoms with Gasteiger partial charge < -0.3 is 0 Å². The van der Waals surface area contributed by atoms with Crippen LogP contribution in [0.5, 0.6) is 0 Å². The molecule has 0 radical (unpaired) electrons. The topological polar surface area (TPSA) is 138 Å². The molecule has 0 saturated carbocycles. The number of anilines is 1. The first kappa shape index (κ1) is 14.5. The third-order valence-corrected chi connectivity index (χ3v) is 3.89. The van der Waals surface area contributed by atoms with Crippen LogP contribution in [-0.4, -0.2) is 44.8 Å². The highest BCUT2D eigenvalue weighted by Crippen LogP contribution is 2.16. The fourth-order valence-electron chi connectivity index (χ4n) is 1.45. The first-order valence-corrected chi connectivity index (χ1v) is 6.85. The van der Waals surface area contributed by atoms with Crippen molar-refractivity contribution in [3.8, 4) is 0 Å². The predicted molar refractivity (Wildman–Crippen MR) is 62.2 cm³/mol. The molecule has 102 valence electrons. The molecule has 1 heterocycles. The van der Waals surface area contributed by atoms with Gasteiger partial charge in [-0.2, -0.15) is 13.6 Å². The highest BCUT2D eigenvalue weighted by Gasteiger charge is 2.26. The van der Waals surface area contributed by atoms with Gasteiger partial charge in [0.1, 0.15) is 0 Å². The Morgan fingerprint density at radius 3 is 2.67 bits per heavy atom. The minimum Gasteiger partial charge on any atom is -0.292 e. The van der Waals surface area contributed by atoms with E-state index in [1.54, 1.807) is 13.8 Å². The van der Waals surface area contributed by atoms with Crippen molar-refractivity contribution in [3.05, 3.63) is 0 Å². The molecule has 1 aromatic rings. The van der Waals surface area contributed by atoms with E-state index in [2.05, 4.69) is 25.9 Å². The molecule has 1 aromatic heterocycles. The number of tetrazole rings is 1. The minimum atomic E-state index is -4.14. The summed E-state index contributed by atoms with van der Waals surface area (Å²) in [7, 11) is -4.14. The fraction of sp³-hybridized carbons (Fsp3) is 0.750. The molecule has 1 amide bonds. The van der Waals surface area contributed by atoms with Gasteiger partial charge in [-0.15, -0.1) is 5.10 Å². The number of carbonyl (C=O) groups excluding carboxylic acids is 1. The molecule has 0 spiro atoms. The van der Waals surface area contributed by atoms with E-state index < -0.39 is 27.2 Å². The first-order valence-electron chi connectivity index (χ1n) is 5.35. The Bertz CT molecular complexity index is 486. The fourth-order valence-corrected chi connectivity index (χ4v) is 2.40. The Morgan fingerprint density at radius 1 is 1.56 bits per heavy atom. The number of H-pyrrole nitrogens is 1. The van der Waals surface area contributed by atoms with Crippen LogP contribution >= 0.6 is 0 Å². The number of rotatable bonds is 6. The van der Waals surface area contributed by atoms with Crippen molar-refractivity contribution in [2.45, 2.75) is 31.9 Å². The Morgan fingerprint density at radius 2 is 2.22 bits per heavy atom. The minimum absolute atomic E-state index is 0.0201. The van der Waals surface area contributed by atoms with Gasteiger partial charge in [-0.25, -0.2) is 0 Å². The average Bonchev–Trinajstić information content (AvgIpc) is 2.76. The van der Waals surface area contributed by atoms with Crippen molar-refractivity contribution in [2.75, 3.05) is 5.32 Å². The number of nitrogens with one attached hydrogen (secondary N) is 2. The molecular formula is C8H15N5O4S. The van der Waals surface area contributed by atoms with E-state index in [-0.39, 0.29) is 18.8 Å². The normalized spacial score (nSPS) is 15.1. The summed E-state index contributed by atoms with van der Waals surface area (Å²) in [6.07, 6.45) is 0.262. The summed E-state index contributed by atoms with van der Waals surface area (Å²) in [6.45, 7) is 3.19. The van der Waals surface area contributed by atoms with E-state index in [1.807, 2.05) is 0 Å². The lowest BCUT2D eigenvalue weighted by Gasteiger charge is -2.15. The van der Waals surface area contributed by atoms with Gasteiger partial charge in [0, 0.05) is 5.92 Å². The quantitative estimate of drug-likeness (QED) is 0.613. The summed E-state index contributed by atoms with van der Waals surface area (Å²) >= 11 is 0. The molecular weight excluding hydrogens is 262 g/mol. The largest absolute Gasteiger partial charge is 0.292 e. The number of aromatic amines is 1. The smallest absolute Gasteiger partial charge is 0.269 e. The first-order chi connectivity index (χ1) is 8.34. The highest BCUT2D eigenvalue weighted by molar-refractivity contribution is 7.86. The summed E-state index contributed by atoms with van der Waals surface area (Å²) in [5.74, 6) is -1.01. The maximum absolute atomic E-state index is 11.7. The van der Waals surface area contributed by atoms with Crippen molar-refractivity contribution in [1.29, 1.82) is 0 Å². The highest BCUT2D eigenvalue weighted by atomic mass is 32.2. The zero-order chi connectivity index (χ0) is 13.8. The molecule has 10 heteroatoms. The molecule has 3 N–H and O–H groups in total. The molecule has 0 fully saturated rings. The van der Waals surface area contributed by atoms with Crippen molar-refractivity contribution < 1.29 is 17.8 Å². The van der Waals surface area contributed by atoms with E-state index in [0.29, 0.717) is 0 Å². The molecule has 0 aliphatic rings. The summed E-state index contributed by atoms with van der Waals surface area (Å²) < 4.78 is 31.0. The molecule has 9 nitrogen and oxygen atoms in total. The van der Waals surface area contributed by atoms with Gasteiger partial charge in [0.05, 0.1) is 5.25 Å². The van der Waals surface area contributed by atoms with Crippen molar-refractivity contribution >= 4 is 22.0 Å². The van der Waals surface area contributed by atoms with Gasteiger partial charge in [0.25, 0.3) is 16.1 Å². The van der Waals surface area contributed by atoms with E-state index >= 15 is 0 Å². The molecule has 2 atom stereocenters. The van der Waals surface area contributed by atoms with Gasteiger partial charge in [-0.1, -0.05) is 18.9 Å². The van der Waals surface area contributed by atoms with Crippen LogP contribution in [0.4, 0.5) is 5.95 Å². The lowest BCUT2D eigenvalue weighted by Crippen LogP contribution is -2.28. The summed E-state index contributed by atoms with van der Waals surface area (Å²) in [5.41, 5.74) is 0. The number of aromatic nitrogens is 4. The number of amides is 1. The average molecular weight is 277 g/mol. The third kappa shape index (κ3) is 4.04. The summed E-state index contributed by atoms with van der Waals surface area (Å²) in [5, 5.41) is 13.9. The Balaban J connectivity index is 2.59. The second-order valence-electron chi connectivity index (χ2n) is 3.91. The van der Waals surface area contributed by atoms with Gasteiger partial charge in [-0.05, 0) is 18.1 Å². The predicted octanol–water partition coefficient (Wildman–Crippen LogP) is -0.169. The molecule has 0 aliphatic heterocycles. The molecule has 0 bridgehead atoms. The van der Waals surface area contributed by atoms with Crippen LogP contribution in [0.2, 0.25) is 0 Å². The molecule has 1 rings (SSSR count). The van der Waals surface area contributed by atoms with Crippen LogP contribution < -0.4 is 5.32 Å². The SMILES string of the molecule is CCC(CC(C)C(=O)Nc1nn[nH]n1)S(=O)(=O)O. The molecule has 0 aliphatic carbocycles. The Hall–Kier alpha value is -1.55. The van der Waals surface area contributed by atoms with Gasteiger partial charge >= 0.3 is 0 Å². The number of hydrogen-bond donors (Lipinski definition) is 3. The van der Waals surface area contributed by atoms with Crippen LogP contribution in [0.25, 0.3) is 0 Å². The third-order valence-electron chi connectivity index (χ3n) is 2.52. The standard InChI is InChI=1S/C8H15N5O4S/c1-3-6(18(15,16)17)4-5(2)7(14)9-8-10-12-13-11-8/h5-6H,3-4H2,1-2H3,(H,15,16,17)(H2,9,10,11,12,13,14). The molecule has 18 heavy (non-hydrogen) atoms. The van der Waals surface area contributed by atoms with Crippen LogP contribution in [0, 0.1) is 5.92 Å². The Kier molecular flexibility index (Phi) is 4.73. The lowest BCUT2D eigenvalue weighted by atomic mass is 10.0. The van der Waals surface area contributed by atoms with E-state index in [1.165, 1.54) is 0 Å². The van der Waals surface area contributed by atoms with Crippen molar-refractivity contribution in [1.82, 2.24) is 20.6 Å². The van der Waals surface area contributed by atoms with E-state index in [9.17, 15) is 13.2 Å². The monoisotopic (exact) mass is 277 g/mol. The van der Waals surface area contributed by atoms with Crippen molar-refractivity contribution in [3.63, 3.8) is 0 Å². The van der Waals surface area contributed by atoms with Crippen molar-refractivity contribution in [2.24, 2.45) is 5.92 Å². The van der Waals surface area contributed by atoms with Crippen LogP contribution in [0.15, 0.2) is 0 Å². The van der Waals surface area contributed by atoms with E-state index in [4.69, 9.17) is 4.55 Å². The number of nitrogens with zero attached hydrogens (tertiary/aromatic N) is 3. The molecule has 0 aromatic carbocycles. The summed E-state index contributed by atoms with van der Waals surface area (Å²) in [4.78, 5) is 11.7. The lowest BCUT2D eigenvalue weighted by molar-refractivity contribution is -0.119. The molecule has 0 saturated heterocycles. The zero-order valence-corrected chi connectivity index (χ0v) is 10.8. The van der Waals surface area contributed by atoms with Crippen LogP contribution in [0.3, 0.4) is 0 Å². The Labute approximate surface area is 104 Å². The van der Waals surface area contributed by atoms with Crippen LogP contribution in [0.1, 0.15) is 26.7 Å². The van der Waals surface area contributed by atoms with Crippen LogP contribution in [-0.2, 0) is 14.9 Å². The second kappa shape index (κ2) is 5.87. The van der Waals surface area contributed by atoms with Gasteiger partial charge in [-0.3, -0.25) is 14.7 Å². The van der Waals surface area contributed by atoms with E-state index in [0.717, 1.165) is 0 Å². The zero-order valence-electron chi connectivity index (χ0n) is 9.99. The summed E-state index contributed by atoms with van der Waals surface area (Å²) in [6, 6.07) is 0. The molecule has 2 unspecified atom stereocenters. The van der Waals surface area contributed by atoms with Gasteiger partial charge in [0.2, 0.25) is 5.91 Å². The maximum atomic E-state index is 11.7. The van der Waals surface area contributed by atoms with Gasteiger partial charge in [0.15, 0.2) is 0 Å². The number of hydrogen-bond acceptors (Lipinski definition) is 6.